The summed E-state index contributed by atoms with van der Waals surface area (Å²) in [4.78, 5) is 45.3. The SMILES string of the molecule is Cn1c(=O)c2ccc([C@H]3CCN(C(=O)C4CCCC4)C3)nc2n(Cc2ccccc2)c1=O. The van der Waals surface area contributed by atoms with Gasteiger partial charge in [0, 0.05) is 37.7 Å². The summed E-state index contributed by atoms with van der Waals surface area (Å²) >= 11 is 0. The van der Waals surface area contributed by atoms with E-state index in [0.717, 1.165) is 54.5 Å². The van der Waals surface area contributed by atoms with E-state index in [2.05, 4.69) is 0 Å². The van der Waals surface area contributed by atoms with Crippen molar-refractivity contribution in [2.75, 3.05) is 13.1 Å². The summed E-state index contributed by atoms with van der Waals surface area (Å²) in [6.07, 6.45) is 5.15. The van der Waals surface area contributed by atoms with E-state index in [1.165, 1.54) is 7.05 Å². The van der Waals surface area contributed by atoms with Crippen molar-refractivity contribution in [2.24, 2.45) is 13.0 Å². The van der Waals surface area contributed by atoms with E-state index < -0.39 is 0 Å². The molecule has 0 bridgehead atoms. The van der Waals surface area contributed by atoms with Gasteiger partial charge in [0.25, 0.3) is 5.56 Å². The maximum atomic E-state index is 13.0. The summed E-state index contributed by atoms with van der Waals surface area (Å²) in [5.74, 6) is 0.576. The van der Waals surface area contributed by atoms with Crippen LogP contribution in [0.3, 0.4) is 0 Å². The lowest BCUT2D eigenvalue weighted by atomic mass is 10.0. The van der Waals surface area contributed by atoms with Crippen LogP contribution in [0.4, 0.5) is 0 Å². The number of benzene rings is 1. The first-order valence-electron chi connectivity index (χ1n) is 11.5. The Morgan fingerprint density at radius 3 is 2.53 bits per heavy atom. The van der Waals surface area contributed by atoms with Gasteiger partial charge in [0.05, 0.1) is 11.9 Å². The molecule has 2 fully saturated rings. The lowest BCUT2D eigenvalue weighted by molar-refractivity contribution is -0.134. The minimum Gasteiger partial charge on any atom is -0.342 e. The van der Waals surface area contributed by atoms with E-state index in [4.69, 9.17) is 4.98 Å². The Hall–Kier alpha value is -3.22. The van der Waals surface area contributed by atoms with Crippen LogP contribution in [-0.2, 0) is 18.4 Å². The predicted molar refractivity (Wildman–Crippen MR) is 123 cm³/mol. The third-order valence-corrected chi connectivity index (χ3v) is 7.01. The molecule has 0 radical (unpaired) electrons. The largest absolute Gasteiger partial charge is 0.342 e. The van der Waals surface area contributed by atoms with Crippen LogP contribution in [0.1, 0.15) is 49.3 Å². The second kappa shape index (κ2) is 8.37. The molecule has 1 saturated carbocycles. The number of carbonyl (C=O) groups is 1. The highest BCUT2D eigenvalue weighted by molar-refractivity contribution is 5.79. The number of likely N-dealkylation sites (tertiary alicyclic amines) is 1. The van der Waals surface area contributed by atoms with Gasteiger partial charge >= 0.3 is 5.69 Å². The van der Waals surface area contributed by atoms with Crippen LogP contribution in [-0.4, -0.2) is 38.0 Å². The molecule has 1 aromatic carbocycles. The Morgan fingerprint density at radius 2 is 1.78 bits per heavy atom. The average molecular weight is 433 g/mol. The molecule has 1 aliphatic carbocycles. The molecule has 1 aliphatic heterocycles. The van der Waals surface area contributed by atoms with E-state index in [9.17, 15) is 14.4 Å². The maximum absolute atomic E-state index is 13.0. The molecular formula is C25H28N4O3. The van der Waals surface area contributed by atoms with Gasteiger partial charge in [-0.2, -0.15) is 0 Å². The quantitative estimate of drug-likeness (QED) is 0.635. The summed E-state index contributed by atoms with van der Waals surface area (Å²) in [5, 5.41) is 0.434. The van der Waals surface area contributed by atoms with Gasteiger partial charge in [-0.25, -0.2) is 9.78 Å². The lowest BCUT2D eigenvalue weighted by Gasteiger charge is -2.20. The second-order valence-corrected chi connectivity index (χ2v) is 9.08. The van der Waals surface area contributed by atoms with Gasteiger partial charge in [-0.15, -0.1) is 0 Å². The molecule has 3 aromatic rings. The standard InChI is InChI=1S/C25H28N4O3/c1-27-24(31)20-11-12-21(19-13-14-28(16-19)23(30)18-9-5-6-10-18)26-22(20)29(25(27)32)15-17-7-3-2-4-8-17/h2-4,7-8,11-12,18-19H,5-6,9-10,13-16H2,1H3/t19-/m0/s1. The van der Waals surface area contributed by atoms with Gasteiger partial charge in [0.1, 0.15) is 5.65 Å². The van der Waals surface area contributed by atoms with Crippen LogP contribution >= 0.6 is 0 Å². The summed E-state index contributed by atoms with van der Waals surface area (Å²) < 4.78 is 2.72. The van der Waals surface area contributed by atoms with Crippen LogP contribution < -0.4 is 11.2 Å². The molecule has 166 valence electrons. The van der Waals surface area contributed by atoms with E-state index in [1.54, 1.807) is 10.6 Å². The molecule has 2 aromatic heterocycles. The first-order chi connectivity index (χ1) is 15.5. The number of fused-ring (bicyclic) bond motifs is 1. The summed E-state index contributed by atoms with van der Waals surface area (Å²) in [6.45, 7) is 1.74. The van der Waals surface area contributed by atoms with Gasteiger partial charge in [-0.05, 0) is 37.0 Å². The van der Waals surface area contributed by atoms with E-state index in [0.29, 0.717) is 24.1 Å². The van der Waals surface area contributed by atoms with Gasteiger partial charge in [-0.3, -0.25) is 18.7 Å². The van der Waals surface area contributed by atoms with Crippen LogP contribution in [0.15, 0.2) is 52.1 Å². The Morgan fingerprint density at radius 1 is 1.03 bits per heavy atom. The van der Waals surface area contributed by atoms with Gasteiger partial charge in [0.15, 0.2) is 0 Å². The van der Waals surface area contributed by atoms with Crippen molar-refractivity contribution in [3.8, 4) is 0 Å². The maximum Gasteiger partial charge on any atom is 0.332 e. The summed E-state index contributed by atoms with van der Waals surface area (Å²) in [7, 11) is 1.50. The first kappa shape index (κ1) is 20.7. The minimum atomic E-state index is -0.375. The molecular weight excluding hydrogens is 404 g/mol. The highest BCUT2D eigenvalue weighted by Crippen LogP contribution is 2.32. The third kappa shape index (κ3) is 3.66. The fraction of sp³-hybridized carbons (Fsp3) is 0.440. The highest BCUT2D eigenvalue weighted by atomic mass is 16.2. The normalized spacial score (nSPS) is 19.2. The van der Waals surface area contributed by atoms with Crippen LogP contribution in [0, 0.1) is 5.92 Å². The summed E-state index contributed by atoms with van der Waals surface area (Å²) in [5.41, 5.74) is 1.52. The fourth-order valence-electron chi connectivity index (χ4n) is 5.14. The molecule has 0 spiro atoms. The number of aromatic nitrogens is 3. The number of hydrogen-bond donors (Lipinski definition) is 0. The number of pyridine rings is 1. The van der Waals surface area contributed by atoms with E-state index >= 15 is 0 Å². The molecule has 0 N–H and O–H groups in total. The predicted octanol–water partition coefficient (Wildman–Crippen LogP) is 2.65. The lowest BCUT2D eigenvalue weighted by Crippen LogP contribution is -2.39. The second-order valence-electron chi connectivity index (χ2n) is 9.08. The van der Waals surface area contributed by atoms with Crippen molar-refractivity contribution in [1.29, 1.82) is 0 Å². The number of hydrogen-bond acceptors (Lipinski definition) is 4. The van der Waals surface area contributed by atoms with Gasteiger partial charge in [0.2, 0.25) is 5.91 Å². The topological polar surface area (TPSA) is 77.2 Å². The third-order valence-electron chi connectivity index (χ3n) is 7.01. The van der Waals surface area contributed by atoms with Crippen molar-refractivity contribution in [2.45, 2.75) is 44.6 Å². The number of amides is 1. The van der Waals surface area contributed by atoms with E-state index in [-0.39, 0.29) is 29.0 Å². The van der Waals surface area contributed by atoms with Crippen molar-refractivity contribution in [3.63, 3.8) is 0 Å². The zero-order valence-corrected chi connectivity index (χ0v) is 18.4. The molecule has 3 heterocycles. The number of carbonyl (C=O) groups excluding carboxylic acids is 1. The average Bonchev–Trinajstić information content (AvgIpc) is 3.53. The molecule has 1 amide bonds. The van der Waals surface area contributed by atoms with E-state index in [1.807, 2.05) is 41.3 Å². The zero-order chi connectivity index (χ0) is 22.2. The molecule has 1 atom stereocenters. The van der Waals surface area contributed by atoms with Gasteiger partial charge < -0.3 is 4.90 Å². The Kier molecular flexibility index (Phi) is 5.41. The minimum absolute atomic E-state index is 0.120. The van der Waals surface area contributed by atoms with Crippen molar-refractivity contribution in [1.82, 2.24) is 19.0 Å². The molecule has 1 saturated heterocycles. The highest BCUT2D eigenvalue weighted by Gasteiger charge is 2.33. The molecule has 5 rings (SSSR count). The molecule has 32 heavy (non-hydrogen) atoms. The van der Waals surface area contributed by atoms with Crippen molar-refractivity contribution >= 4 is 16.9 Å². The van der Waals surface area contributed by atoms with Crippen molar-refractivity contribution < 1.29 is 4.79 Å². The van der Waals surface area contributed by atoms with Crippen LogP contribution in [0.25, 0.3) is 11.0 Å². The Labute approximate surface area is 186 Å². The monoisotopic (exact) mass is 432 g/mol. The summed E-state index contributed by atoms with van der Waals surface area (Å²) in [6, 6.07) is 13.4. The number of nitrogens with zero attached hydrogens (tertiary/aromatic N) is 4. The molecule has 7 nitrogen and oxygen atoms in total. The molecule has 0 unspecified atom stereocenters. The van der Waals surface area contributed by atoms with Crippen molar-refractivity contribution in [3.05, 3.63) is 74.6 Å². The first-order valence-corrected chi connectivity index (χ1v) is 11.5. The zero-order valence-electron chi connectivity index (χ0n) is 18.4. The molecule has 7 heteroatoms. The van der Waals surface area contributed by atoms with Crippen LogP contribution in [0.2, 0.25) is 0 Å². The molecule has 2 aliphatic rings. The van der Waals surface area contributed by atoms with Gasteiger partial charge in [-0.1, -0.05) is 43.2 Å². The van der Waals surface area contributed by atoms with Crippen LogP contribution in [0.5, 0.6) is 0 Å². The number of rotatable bonds is 4. The Balaban J connectivity index is 1.50. The smallest absolute Gasteiger partial charge is 0.332 e. The fourth-order valence-corrected chi connectivity index (χ4v) is 5.14. The Bertz CT molecular complexity index is 1270.